The molecule has 0 spiro atoms. The Kier molecular flexibility index (Phi) is 7.88. The third kappa shape index (κ3) is 5.58. The van der Waals surface area contributed by atoms with Gasteiger partial charge < -0.3 is 27.4 Å². The Hall–Kier alpha value is -1.84. The van der Waals surface area contributed by atoms with E-state index in [-0.39, 0.29) is 24.7 Å². The van der Waals surface area contributed by atoms with Gasteiger partial charge >= 0.3 is 11.9 Å². The van der Waals surface area contributed by atoms with E-state index in [1.54, 1.807) is 27.7 Å². The second-order valence-electron chi connectivity index (χ2n) is 7.35. The Morgan fingerprint density at radius 1 is 0.840 bits per heavy atom. The number of carbonyl (C=O) groups excluding carboxylic acids is 2. The number of Topliss-reactive ketones (excluding diaryl/α,β-unsaturated/α-hetero) is 2. The second-order valence-corrected chi connectivity index (χ2v) is 7.35. The summed E-state index contributed by atoms with van der Waals surface area (Å²) in [4.78, 5) is 47.6. The molecule has 0 rings (SSSR count). The smallest absolute Gasteiger partial charge is 0.331 e. The van der Waals surface area contributed by atoms with Gasteiger partial charge in [0.15, 0.2) is 22.6 Å². The third-order valence-electron chi connectivity index (χ3n) is 3.90. The van der Waals surface area contributed by atoms with Crippen LogP contribution in [0.4, 0.5) is 0 Å². The first-order valence-corrected chi connectivity index (χ1v) is 8.06. The Balaban J connectivity index is 5.44. The van der Waals surface area contributed by atoms with Crippen molar-refractivity contribution in [3.05, 3.63) is 0 Å². The van der Waals surface area contributed by atoms with Gasteiger partial charge in [-0.25, -0.2) is 9.59 Å². The van der Waals surface area contributed by atoms with Gasteiger partial charge in [0.2, 0.25) is 0 Å². The molecule has 0 fully saturated rings. The maximum absolute atomic E-state index is 12.4. The molecule has 0 saturated heterocycles. The number of carboxylic acids is 2. The first kappa shape index (κ1) is 23.2. The Morgan fingerprint density at radius 2 is 1.20 bits per heavy atom. The molecule has 9 heteroatoms. The minimum atomic E-state index is -2.24. The van der Waals surface area contributed by atoms with Crippen LogP contribution in [0.5, 0.6) is 0 Å². The molecule has 9 nitrogen and oxygen atoms in total. The van der Waals surface area contributed by atoms with Crippen LogP contribution in [0.3, 0.4) is 0 Å². The van der Waals surface area contributed by atoms with Crippen molar-refractivity contribution in [3.8, 4) is 0 Å². The minimum absolute atomic E-state index is 0.138. The largest absolute Gasteiger partial charge is 0.480 e. The van der Waals surface area contributed by atoms with E-state index in [0.29, 0.717) is 0 Å². The number of hydrogen-bond acceptors (Lipinski definition) is 7. The van der Waals surface area contributed by atoms with E-state index < -0.39 is 47.0 Å². The summed E-state index contributed by atoms with van der Waals surface area (Å²) in [5.74, 6) is -5.43. The number of ketones is 2. The lowest BCUT2D eigenvalue weighted by molar-refractivity contribution is -0.152. The van der Waals surface area contributed by atoms with Crippen molar-refractivity contribution >= 4 is 23.5 Å². The molecular formula is C16H29N3O6. The van der Waals surface area contributed by atoms with Crippen LogP contribution in [-0.4, -0.2) is 50.8 Å². The van der Waals surface area contributed by atoms with Gasteiger partial charge in [0.25, 0.3) is 0 Å². The molecule has 0 aromatic heterocycles. The molecule has 0 saturated carbocycles. The van der Waals surface area contributed by atoms with Crippen LogP contribution in [0.15, 0.2) is 0 Å². The summed E-state index contributed by atoms with van der Waals surface area (Å²) >= 11 is 0. The molecule has 25 heavy (non-hydrogen) atoms. The summed E-state index contributed by atoms with van der Waals surface area (Å²) in [6, 6.07) is -1.55. The van der Waals surface area contributed by atoms with Crippen molar-refractivity contribution in [1.29, 1.82) is 0 Å². The fourth-order valence-corrected chi connectivity index (χ4v) is 2.71. The first-order chi connectivity index (χ1) is 11.2. The average Bonchev–Trinajstić information content (AvgIpc) is 2.43. The van der Waals surface area contributed by atoms with Gasteiger partial charge in [0.1, 0.15) is 0 Å². The molecule has 8 N–H and O–H groups in total. The lowest BCUT2D eigenvalue weighted by Gasteiger charge is -2.30. The summed E-state index contributed by atoms with van der Waals surface area (Å²) < 4.78 is 0. The SMILES string of the molecule is CC(C)CC(N)(C(=O)O)C(=O)CC(N)C(=O)C(N)(CC(C)C)C(=O)O. The van der Waals surface area contributed by atoms with Gasteiger partial charge in [-0.1, -0.05) is 27.7 Å². The summed E-state index contributed by atoms with van der Waals surface area (Å²) in [5, 5.41) is 18.6. The van der Waals surface area contributed by atoms with Gasteiger partial charge in [-0.15, -0.1) is 0 Å². The van der Waals surface area contributed by atoms with Crippen molar-refractivity contribution in [3.63, 3.8) is 0 Å². The van der Waals surface area contributed by atoms with E-state index in [2.05, 4.69) is 0 Å². The lowest BCUT2D eigenvalue weighted by Crippen LogP contribution is -2.63. The Labute approximate surface area is 146 Å². The van der Waals surface area contributed by atoms with Gasteiger partial charge in [0.05, 0.1) is 6.04 Å². The molecule has 0 aromatic rings. The van der Waals surface area contributed by atoms with Crippen LogP contribution in [0.2, 0.25) is 0 Å². The lowest BCUT2D eigenvalue weighted by atomic mass is 9.79. The van der Waals surface area contributed by atoms with Gasteiger partial charge in [0, 0.05) is 6.42 Å². The van der Waals surface area contributed by atoms with Crippen molar-refractivity contribution in [2.24, 2.45) is 29.0 Å². The zero-order valence-electron chi connectivity index (χ0n) is 15.1. The van der Waals surface area contributed by atoms with Crippen LogP contribution in [0, 0.1) is 11.8 Å². The zero-order valence-corrected chi connectivity index (χ0v) is 15.1. The third-order valence-corrected chi connectivity index (χ3v) is 3.90. The van der Waals surface area contributed by atoms with Gasteiger partial charge in [-0.3, -0.25) is 9.59 Å². The molecule has 3 atom stereocenters. The molecule has 0 radical (unpaired) electrons. The van der Waals surface area contributed by atoms with E-state index in [1.807, 2.05) is 0 Å². The van der Waals surface area contributed by atoms with Crippen LogP contribution in [-0.2, 0) is 19.2 Å². The highest BCUT2D eigenvalue weighted by atomic mass is 16.4. The second kappa shape index (κ2) is 8.50. The molecule has 0 aliphatic rings. The van der Waals surface area contributed by atoms with Crippen LogP contribution in [0.25, 0.3) is 0 Å². The fraction of sp³-hybridized carbons (Fsp3) is 0.750. The highest BCUT2D eigenvalue weighted by Gasteiger charge is 2.48. The van der Waals surface area contributed by atoms with Crippen molar-refractivity contribution in [2.75, 3.05) is 0 Å². The molecule has 0 aliphatic carbocycles. The molecule has 0 heterocycles. The number of hydrogen-bond donors (Lipinski definition) is 5. The van der Waals surface area contributed by atoms with E-state index in [4.69, 9.17) is 17.2 Å². The molecule has 3 unspecified atom stereocenters. The molecule has 0 amide bonds. The average molecular weight is 359 g/mol. The molecule has 0 aromatic carbocycles. The van der Waals surface area contributed by atoms with Crippen molar-refractivity contribution in [2.45, 2.75) is 64.1 Å². The van der Waals surface area contributed by atoms with E-state index in [0.717, 1.165) is 0 Å². The van der Waals surface area contributed by atoms with E-state index >= 15 is 0 Å². The quantitative estimate of drug-likeness (QED) is 0.303. The monoisotopic (exact) mass is 359 g/mol. The fourth-order valence-electron chi connectivity index (χ4n) is 2.71. The Bertz CT molecular complexity index is 548. The standard InChI is InChI=1S/C16H29N3O6/c1-8(2)6-15(18,13(22)23)11(20)5-10(17)12(21)16(19,14(24)25)7-9(3)4/h8-10H,5-7,17-19H2,1-4H3,(H,22,23)(H,24,25). The summed E-state index contributed by atoms with van der Waals surface area (Å²) in [6.07, 6.45) is -0.999. The number of nitrogens with two attached hydrogens (primary N) is 3. The van der Waals surface area contributed by atoms with E-state index in [9.17, 15) is 29.4 Å². The highest BCUT2D eigenvalue weighted by molar-refractivity contribution is 6.13. The predicted octanol–water partition coefficient (Wildman–Crippen LogP) is -0.502. The maximum atomic E-state index is 12.4. The topological polar surface area (TPSA) is 187 Å². The minimum Gasteiger partial charge on any atom is -0.480 e. The van der Waals surface area contributed by atoms with Crippen LogP contribution < -0.4 is 17.2 Å². The number of rotatable bonds is 11. The molecule has 0 aliphatic heterocycles. The normalized spacial score (nSPS) is 17.6. The van der Waals surface area contributed by atoms with Crippen LogP contribution in [0.1, 0.15) is 47.0 Å². The Morgan fingerprint density at radius 3 is 1.52 bits per heavy atom. The molecule has 0 bridgehead atoms. The highest BCUT2D eigenvalue weighted by Crippen LogP contribution is 2.22. The number of aliphatic carboxylic acids is 2. The molecular weight excluding hydrogens is 330 g/mol. The van der Waals surface area contributed by atoms with E-state index in [1.165, 1.54) is 0 Å². The van der Waals surface area contributed by atoms with Crippen molar-refractivity contribution in [1.82, 2.24) is 0 Å². The van der Waals surface area contributed by atoms with Gasteiger partial charge in [-0.2, -0.15) is 0 Å². The predicted molar refractivity (Wildman–Crippen MR) is 90.6 cm³/mol. The first-order valence-electron chi connectivity index (χ1n) is 8.06. The number of carbonyl (C=O) groups is 4. The number of carboxylic acid groups (broad SMARTS) is 2. The molecule has 144 valence electrons. The van der Waals surface area contributed by atoms with Crippen LogP contribution >= 0.6 is 0 Å². The van der Waals surface area contributed by atoms with Gasteiger partial charge in [-0.05, 0) is 24.7 Å². The van der Waals surface area contributed by atoms with Crippen molar-refractivity contribution < 1.29 is 29.4 Å². The summed E-state index contributed by atoms with van der Waals surface area (Å²) in [7, 11) is 0. The summed E-state index contributed by atoms with van der Waals surface area (Å²) in [5.41, 5.74) is 12.7. The maximum Gasteiger partial charge on any atom is 0.331 e. The summed E-state index contributed by atoms with van der Waals surface area (Å²) in [6.45, 7) is 6.76. The zero-order chi connectivity index (χ0) is 20.2.